The number of fused-ring (bicyclic) bond motifs is 2. The van der Waals surface area contributed by atoms with Crippen LogP contribution in [0.25, 0.3) is 11.3 Å². The van der Waals surface area contributed by atoms with Gasteiger partial charge in [0.1, 0.15) is 11.6 Å². The minimum Gasteiger partial charge on any atom is -0.345 e. The molecule has 3 heterocycles. The van der Waals surface area contributed by atoms with Gasteiger partial charge in [-0.1, -0.05) is 12.1 Å². The lowest BCUT2D eigenvalue weighted by atomic mass is 10.0. The van der Waals surface area contributed by atoms with Crippen LogP contribution >= 0.6 is 0 Å². The first-order valence-corrected chi connectivity index (χ1v) is 9.28. The van der Waals surface area contributed by atoms with E-state index in [0.29, 0.717) is 0 Å². The van der Waals surface area contributed by atoms with Crippen molar-refractivity contribution in [3.05, 3.63) is 71.2 Å². The molecule has 2 aliphatic rings. The monoisotopic (exact) mass is 362 g/mol. The zero-order valence-corrected chi connectivity index (χ0v) is 14.8. The Morgan fingerprint density at radius 2 is 2.15 bits per heavy atom. The molecule has 0 radical (unpaired) electrons. The summed E-state index contributed by atoms with van der Waals surface area (Å²) in [6.45, 7) is 1.04. The Labute approximate surface area is 156 Å². The van der Waals surface area contributed by atoms with Gasteiger partial charge in [-0.15, -0.1) is 0 Å². The van der Waals surface area contributed by atoms with Crippen molar-refractivity contribution in [1.82, 2.24) is 19.9 Å². The zero-order valence-electron chi connectivity index (χ0n) is 14.8. The number of hydrogen-bond donors (Lipinski definition) is 1. The predicted octanol–water partition coefficient (Wildman–Crippen LogP) is 3.45. The molecule has 5 nitrogen and oxygen atoms in total. The fourth-order valence-corrected chi connectivity index (χ4v) is 4.08. The van der Waals surface area contributed by atoms with E-state index in [2.05, 4.69) is 39.3 Å². The van der Waals surface area contributed by atoms with Crippen molar-refractivity contribution in [3.63, 3.8) is 0 Å². The van der Waals surface area contributed by atoms with Gasteiger partial charge < -0.3 is 9.88 Å². The van der Waals surface area contributed by atoms with Crippen LogP contribution in [0, 0.1) is 5.82 Å². The summed E-state index contributed by atoms with van der Waals surface area (Å²) < 4.78 is 15.6. The summed E-state index contributed by atoms with van der Waals surface area (Å²) in [5.41, 5.74) is 4.67. The number of carbonyl (C=O) groups is 1. The van der Waals surface area contributed by atoms with E-state index >= 15 is 0 Å². The van der Waals surface area contributed by atoms with Crippen molar-refractivity contribution in [2.45, 2.75) is 38.3 Å². The van der Waals surface area contributed by atoms with Gasteiger partial charge in [-0.3, -0.25) is 9.78 Å². The van der Waals surface area contributed by atoms with Crippen LogP contribution < -0.4 is 5.32 Å². The second kappa shape index (κ2) is 6.30. The molecule has 1 aliphatic heterocycles. The SMILES string of the molecule is O=C(N[C@@H]1CCc2ccc(-c3cn4c(n3)CCC4)cc21)c1cncc(F)c1. The van der Waals surface area contributed by atoms with E-state index in [1.54, 1.807) is 0 Å². The van der Waals surface area contributed by atoms with Crippen molar-refractivity contribution in [3.8, 4) is 11.3 Å². The average Bonchev–Trinajstić information content (AvgIpc) is 3.36. The fraction of sp³-hybridized carbons (Fsp3) is 0.286. The Balaban J connectivity index is 1.41. The Hall–Kier alpha value is -3.02. The van der Waals surface area contributed by atoms with Crippen molar-refractivity contribution in [1.29, 1.82) is 0 Å². The van der Waals surface area contributed by atoms with E-state index in [1.165, 1.54) is 17.8 Å². The minimum absolute atomic E-state index is 0.0785. The largest absolute Gasteiger partial charge is 0.345 e. The molecule has 6 heteroatoms. The molecule has 0 spiro atoms. The number of amides is 1. The number of rotatable bonds is 3. The quantitative estimate of drug-likeness (QED) is 0.776. The topological polar surface area (TPSA) is 59.8 Å². The van der Waals surface area contributed by atoms with Crippen LogP contribution in [0.1, 0.15) is 46.2 Å². The molecule has 2 aromatic heterocycles. The van der Waals surface area contributed by atoms with Crippen LogP contribution in [0.5, 0.6) is 0 Å². The van der Waals surface area contributed by atoms with Gasteiger partial charge in [-0.25, -0.2) is 9.37 Å². The molecule has 1 N–H and O–H groups in total. The molecule has 1 aromatic carbocycles. The highest BCUT2D eigenvalue weighted by Crippen LogP contribution is 2.35. The Kier molecular flexibility index (Phi) is 3.77. The lowest BCUT2D eigenvalue weighted by Crippen LogP contribution is -2.27. The first-order chi connectivity index (χ1) is 13.2. The molecule has 1 amide bonds. The van der Waals surface area contributed by atoms with E-state index in [9.17, 15) is 9.18 Å². The van der Waals surface area contributed by atoms with Crippen LogP contribution in [-0.4, -0.2) is 20.4 Å². The van der Waals surface area contributed by atoms with E-state index in [4.69, 9.17) is 4.98 Å². The van der Waals surface area contributed by atoms with Gasteiger partial charge >= 0.3 is 0 Å². The predicted molar refractivity (Wildman–Crippen MR) is 98.7 cm³/mol. The summed E-state index contributed by atoms with van der Waals surface area (Å²) in [5.74, 6) is 0.338. The van der Waals surface area contributed by atoms with Crippen molar-refractivity contribution < 1.29 is 9.18 Å². The van der Waals surface area contributed by atoms with Gasteiger partial charge in [-0.2, -0.15) is 0 Å². The summed E-state index contributed by atoms with van der Waals surface area (Å²) in [6, 6.07) is 7.50. The van der Waals surface area contributed by atoms with Gasteiger partial charge in [0.15, 0.2) is 0 Å². The average molecular weight is 362 g/mol. The number of pyridine rings is 1. The van der Waals surface area contributed by atoms with E-state index in [0.717, 1.165) is 61.1 Å². The Morgan fingerprint density at radius 1 is 1.22 bits per heavy atom. The first kappa shape index (κ1) is 16.2. The maximum atomic E-state index is 13.3. The second-order valence-corrected chi connectivity index (χ2v) is 7.21. The van der Waals surface area contributed by atoms with E-state index in [-0.39, 0.29) is 17.5 Å². The van der Waals surface area contributed by atoms with Gasteiger partial charge in [0, 0.05) is 30.9 Å². The highest BCUT2D eigenvalue weighted by atomic mass is 19.1. The van der Waals surface area contributed by atoms with E-state index < -0.39 is 5.82 Å². The summed E-state index contributed by atoms with van der Waals surface area (Å²) in [6.07, 6.45) is 8.55. The maximum absolute atomic E-state index is 13.3. The normalized spacial score (nSPS) is 17.6. The molecule has 27 heavy (non-hydrogen) atoms. The van der Waals surface area contributed by atoms with Crippen LogP contribution in [-0.2, 0) is 19.4 Å². The van der Waals surface area contributed by atoms with Gasteiger partial charge in [-0.05, 0) is 42.5 Å². The third kappa shape index (κ3) is 2.91. The lowest BCUT2D eigenvalue weighted by molar-refractivity contribution is 0.0936. The number of carbonyl (C=O) groups excluding carboxylic acids is 1. The van der Waals surface area contributed by atoms with Crippen molar-refractivity contribution in [2.24, 2.45) is 0 Å². The molecule has 0 bridgehead atoms. The second-order valence-electron chi connectivity index (χ2n) is 7.21. The fourth-order valence-electron chi connectivity index (χ4n) is 4.08. The van der Waals surface area contributed by atoms with E-state index in [1.807, 2.05) is 0 Å². The number of nitrogens with zero attached hydrogens (tertiary/aromatic N) is 3. The van der Waals surface area contributed by atoms with Crippen molar-refractivity contribution in [2.75, 3.05) is 0 Å². The molecule has 1 atom stereocenters. The third-order valence-corrected chi connectivity index (χ3v) is 5.45. The van der Waals surface area contributed by atoms with Crippen LogP contribution in [0.15, 0.2) is 42.9 Å². The highest BCUT2D eigenvalue weighted by molar-refractivity contribution is 5.94. The molecule has 136 valence electrons. The summed E-state index contributed by atoms with van der Waals surface area (Å²) >= 11 is 0. The Morgan fingerprint density at radius 3 is 3.00 bits per heavy atom. The van der Waals surface area contributed by atoms with Gasteiger partial charge in [0.25, 0.3) is 5.91 Å². The molecule has 5 rings (SSSR count). The number of halogens is 1. The van der Waals surface area contributed by atoms with Crippen LogP contribution in [0.2, 0.25) is 0 Å². The molecular formula is C21H19FN4O. The lowest BCUT2D eigenvalue weighted by Gasteiger charge is -2.15. The summed E-state index contributed by atoms with van der Waals surface area (Å²) in [7, 11) is 0. The number of hydrogen-bond acceptors (Lipinski definition) is 3. The number of nitrogens with one attached hydrogen (secondary N) is 1. The molecule has 0 saturated heterocycles. The standard InChI is InChI=1S/C21H19FN4O/c22-16-8-15(10-23-11-16)21(27)25-18-6-5-13-3-4-14(9-17(13)18)19-12-26-7-1-2-20(26)24-19/h3-4,8-12,18H,1-2,5-7H2,(H,25,27)/t18-/m1/s1. The third-order valence-electron chi connectivity index (χ3n) is 5.45. The number of aromatic nitrogens is 3. The Bertz CT molecular complexity index is 1020. The van der Waals surface area contributed by atoms with Gasteiger partial charge in [0.05, 0.1) is 23.5 Å². The smallest absolute Gasteiger partial charge is 0.253 e. The van der Waals surface area contributed by atoms with Crippen molar-refractivity contribution >= 4 is 5.91 Å². The minimum atomic E-state index is -0.510. The number of benzene rings is 1. The zero-order chi connectivity index (χ0) is 18.4. The van der Waals surface area contributed by atoms with Crippen LogP contribution in [0.4, 0.5) is 4.39 Å². The first-order valence-electron chi connectivity index (χ1n) is 9.28. The molecule has 0 fully saturated rings. The molecule has 3 aromatic rings. The molecule has 0 unspecified atom stereocenters. The summed E-state index contributed by atoms with van der Waals surface area (Å²) in [4.78, 5) is 21.0. The maximum Gasteiger partial charge on any atom is 0.253 e. The molecular weight excluding hydrogens is 343 g/mol. The van der Waals surface area contributed by atoms with Crippen LogP contribution in [0.3, 0.4) is 0 Å². The summed E-state index contributed by atoms with van der Waals surface area (Å²) in [5, 5.41) is 3.02. The molecule has 0 saturated carbocycles. The van der Waals surface area contributed by atoms with Gasteiger partial charge in [0.2, 0.25) is 0 Å². The molecule has 1 aliphatic carbocycles. The number of imidazole rings is 1. The highest BCUT2D eigenvalue weighted by Gasteiger charge is 2.25. The number of aryl methyl sites for hydroxylation is 3.